The summed E-state index contributed by atoms with van der Waals surface area (Å²) in [5, 5.41) is 12.8. The third-order valence-corrected chi connectivity index (χ3v) is 2.67. The van der Waals surface area contributed by atoms with Crippen LogP contribution in [0.2, 0.25) is 0 Å². The van der Waals surface area contributed by atoms with Crippen LogP contribution in [0.4, 0.5) is 0 Å². The van der Waals surface area contributed by atoms with Crippen molar-refractivity contribution in [3.8, 4) is 0 Å². The summed E-state index contributed by atoms with van der Waals surface area (Å²) in [7, 11) is 0. The first-order valence-electron chi connectivity index (χ1n) is 5.70. The average molecular weight is 201 g/mol. The molecular weight excluding hydrogens is 178 g/mol. The van der Waals surface area contributed by atoms with E-state index in [1.807, 2.05) is 6.92 Å². The van der Waals surface area contributed by atoms with Gasteiger partial charge in [0.05, 0.1) is 6.10 Å². The lowest BCUT2D eigenvalue weighted by Gasteiger charge is -2.22. The van der Waals surface area contributed by atoms with Crippen LogP contribution < -0.4 is 5.32 Å². The zero-order valence-electron chi connectivity index (χ0n) is 9.33. The van der Waals surface area contributed by atoms with Gasteiger partial charge in [0.25, 0.3) is 0 Å². The monoisotopic (exact) mass is 201 g/mol. The summed E-state index contributed by atoms with van der Waals surface area (Å²) >= 11 is 0. The molecule has 2 N–H and O–H groups in total. The minimum absolute atomic E-state index is 0.209. The molecule has 3 atom stereocenters. The Bertz CT molecular complexity index is 142. The molecule has 84 valence electrons. The van der Waals surface area contributed by atoms with E-state index < -0.39 is 0 Å². The molecule has 3 heteroatoms. The van der Waals surface area contributed by atoms with Crippen molar-refractivity contribution >= 4 is 0 Å². The van der Waals surface area contributed by atoms with Crippen LogP contribution in [0.15, 0.2) is 0 Å². The SMILES string of the molecule is CC(O)CC(C)NC1CCCOCC1. The highest BCUT2D eigenvalue weighted by molar-refractivity contribution is 4.74. The van der Waals surface area contributed by atoms with Crippen LogP contribution in [0.1, 0.15) is 39.5 Å². The van der Waals surface area contributed by atoms with E-state index >= 15 is 0 Å². The maximum Gasteiger partial charge on any atom is 0.0526 e. The molecule has 0 aliphatic carbocycles. The fraction of sp³-hybridized carbons (Fsp3) is 1.00. The van der Waals surface area contributed by atoms with Crippen LogP contribution in [0.5, 0.6) is 0 Å². The maximum atomic E-state index is 9.24. The highest BCUT2D eigenvalue weighted by Crippen LogP contribution is 2.10. The minimum atomic E-state index is -0.209. The molecule has 0 aromatic rings. The Balaban J connectivity index is 2.20. The van der Waals surface area contributed by atoms with Gasteiger partial charge in [-0.1, -0.05) is 0 Å². The third-order valence-electron chi connectivity index (χ3n) is 2.67. The first-order valence-corrected chi connectivity index (χ1v) is 5.70. The van der Waals surface area contributed by atoms with Crippen molar-refractivity contribution in [1.29, 1.82) is 0 Å². The van der Waals surface area contributed by atoms with E-state index in [2.05, 4.69) is 12.2 Å². The molecule has 3 nitrogen and oxygen atoms in total. The predicted molar refractivity (Wildman–Crippen MR) is 57.4 cm³/mol. The lowest BCUT2D eigenvalue weighted by Crippen LogP contribution is -2.38. The number of hydrogen-bond acceptors (Lipinski definition) is 3. The Morgan fingerprint density at radius 3 is 2.86 bits per heavy atom. The summed E-state index contributed by atoms with van der Waals surface area (Å²) in [5.74, 6) is 0. The van der Waals surface area contributed by atoms with Crippen LogP contribution >= 0.6 is 0 Å². The van der Waals surface area contributed by atoms with Crippen molar-refractivity contribution in [2.45, 2.75) is 57.7 Å². The van der Waals surface area contributed by atoms with E-state index in [0.29, 0.717) is 12.1 Å². The topological polar surface area (TPSA) is 41.5 Å². The van der Waals surface area contributed by atoms with Crippen molar-refractivity contribution in [3.05, 3.63) is 0 Å². The molecule has 0 amide bonds. The molecule has 0 saturated carbocycles. The molecule has 0 bridgehead atoms. The number of aliphatic hydroxyl groups excluding tert-OH is 1. The lowest BCUT2D eigenvalue weighted by molar-refractivity contribution is 0.141. The van der Waals surface area contributed by atoms with Gasteiger partial charge in [-0.3, -0.25) is 0 Å². The molecule has 0 radical (unpaired) electrons. The van der Waals surface area contributed by atoms with Gasteiger partial charge in [-0.05, 0) is 39.5 Å². The molecule has 1 rings (SSSR count). The predicted octanol–water partition coefficient (Wildman–Crippen LogP) is 1.30. The van der Waals surface area contributed by atoms with Crippen LogP contribution in [0.25, 0.3) is 0 Å². The highest BCUT2D eigenvalue weighted by Gasteiger charge is 2.15. The van der Waals surface area contributed by atoms with Crippen molar-refractivity contribution < 1.29 is 9.84 Å². The zero-order chi connectivity index (χ0) is 10.4. The molecule has 1 fully saturated rings. The van der Waals surface area contributed by atoms with Crippen LogP contribution in [-0.4, -0.2) is 36.5 Å². The van der Waals surface area contributed by atoms with Gasteiger partial charge in [0.15, 0.2) is 0 Å². The maximum absolute atomic E-state index is 9.24. The lowest BCUT2D eigenvalue weighted by atomic mass is 10.1. The Morgan fingerprint density at radius 1 is 1.36 bits per heavy atom. The number of nitrogens with one attached hydrogen (secondary N) is 1. The van der Waals surface area contributed by atoms with E-state index in [1.165, 1.54) is 6.42 Å². The Kier molecular flexibility index (Phi) is 5.45. The van der Waals surface area contributed by atoms with E-state index in [1.54, 1.807) is 0 Å². The number of rotatable bonds is 4. The summed E-state index contributed by atoms with van der Waals surface area (Å²) in [6.07, 6.45) is 4.07. The first-order chi connectivity index (χ1) is 6.68. The summed E-state index contributed by atoms with van der Waals surface area (Å²) in [6, 6.07) is 0.976. The van der Waals surface area contributed by atoms with Gasteiger partial charge < -0.3 is 15.2 Å². The van der Waals surface area contributed by atoms with Gasteiger partial charge in [-0.15, -0.1) is 0 Å². The molecule has 1 saturated heterocycles. The number of hydrogen-bond donors (Lipinski definition) is 2. The molecule has 0 spiro atoms. The van der Waals surface area contributed by atoms with E-state index in [-0.39, 0.29) is 6.10 Å². The van der Waals surface area contributed by atoms with Crippen molar-refractivity contribution in [1.82, 2.24) is 5.32 Å². The van der Waals surface area contributed by atoms with Gasteiger partial charge >= 0.3 is 0 Å². The van der Waals surface area contributed by atoms with Gasteiger partial charge in [0, 0.05) is 25.3 Å². The minimum Gasteiger partial charge on any atom is -0.393 e. The molecule has 1 aliphatic rings. The molecule has 0 aromatic carbocycles. The van der Waals surface area contributed by atoms with Crippen molar-refractivity contribution in [2.24, 2.45) is 0 Å². The quantitative estimate of drug-likeness (QED) is 0.720. The second-order valence-electron chi connectivity index (χ2n) is 4.39. The molecule has 1 aliphatic heterocycles. The fourth-order valence-electron chi connectivity index (χ4n) is 2.05. The van der Waals surface area contributed by atoms with E-state index in [4.69, 9.17) is 4.74 Å². The standard InChI is InChI=1S/C11H23NO2/c1-9(8-10(2)13)12-11-4-3-6-14-7-5-11/h9-13H,3-8H2,1-2H3. The van der Waals surface area contributed by atoms with Gasteiger partial charge in [-0.2, -0.15) is 0 Å². The van der Waals surface area contributed by atoms with Crippen LogP contribution in [0.3, 0.4) is 0 Å². The number of ether oxygens (including phenoxy) is 1. The van der Waals surface area contributed by atoms with Gasteiger partial charge in [0.1, 0.15) is 0 Å². The molecule has 0 aromatic heterocycles. The molecule has 1 heterocycles. The Labute approximate surface area is 86.8 Å². The van der Waals surface area contributed by atoms with Gasteiger partial charge in [-0.25, -0.2) is 0 Å². The van der Waals surface area contributed by atoms with Crippen LogP contribution in [0, 0.1) is 0 Å². The van der Waals surface area contributed by atoms with Crippen LogP contribution in [-0.2, 0) is 4.74 Å². The third kappa shape index (κ3) is 4.94. The second-order valence-corrected chi connectivity index (χ2v) is 4.39. The average Bonchev–Trinajstić information content (AvgIpc) is 2.31. The summed E-state index contributed by atoms with van der Waals surface area (Å²) in [5.41, 5.74) is 0. The van der Waals surface area contributed by atoms with E-state index in [0.717, 1.165) is 32.5 Å². The second kappa shape index (κ2) is 6.38. The van der Waals surface area contributed by atoms with Crippen molar-refractivity contribution in [3.63, 3.8) is 0 Å². The Morgan fingerprint density at radius 2 is 2.14 bits per heavy atom. The molecular formula is C11H23NO2. The first kappa shape index (κ1) is 12.0. The molecule has 3 unspecified atom stereocenters. The summed E-state index contributed by atoms with van der Waals surface area (Å²) < 4.78 is 5.40. The highest BCUT2D eigenvalue weighted by atomic mass is 16.5. The molecule has 14 heavy (non-hydrogen) atoms. The largest absolute Gasteiger partial charge is 0.393 e. The smallest absolute Gasteiger partial charge is 0.0526 e. The van der Waals surface area contributed by atoms with Gasteiger partial charge in [0.2, 0.25) is 0 Å². The fourth-order valence-corrected chi connectivity index (χ4v) is 2.05. The van der Waals surface area contributed by atoms with Crippen molar-refractivity contribution in [2.75, 3.05) is 13.2 Å². The summed E-state index contributed by atoms with van der Waals surface area (Å²) in [6.45, 7) is 5.76. The Hall–Kier alpha value is -0.120. The number of aliphatic hydroxyl groups is 1. The normalized spacial score (nSPS) is 28.1. The summed E-state index contributed by atoms with van der Waals surface area (Å²) in [4.78, 5) is 0. The van der Waals surface area contributed by atoms with E-state index in [9.17, 15) is 5.11 Å². The zero-order valence-corrected chi connectivity index (χ0v) is 9.33.